The maximum absolute atomic E-state index is 15.0. The van der Waals surface area contributed by atoms with Crippen molar-refractivity contribution in [1.82, 2.24) is 20.1 Å². The maximum atomic E-state index is 15.0. The van der Waals surface area contributed by atoms with Crippen molar-refractivity contribution in [2.75, 3.05) is 12.3 Å². The van der Waals surface area contributed by atoms with Crippen LogP contribution in [0, 0.1) is 23.0 Å². The number of rotatable bonds is 6. The molecule has 1 atom stereocenters. The fourth-order valence-corrected chi connectivity index (χ4v) is 3.70. The number of benzene rings is 2. The van der Waals surface area contributed by atoms with Crippen molar-refractivity contribution in [2.45, 2.75) is 6.04 Å². The van der Waals surface area contributed by atoms with Crippen LogP contribution in [0.15, 0.2) is 60.9 Å². The zero-order chi connectivity index (χ0) is 25.1. The van der Waals surface area contributed by atoms with Crippen LogP contribution in [0.25, 0.3) is 22.3 Å². The first kappa shape index (κ1) is 23.5. The number of amides is 1. The molecule has 0 saturated carbocycles. The van der Waals surface area contributed by atoms with E-state index in [1.54, 1.807) is 25.4 Å². The first-order valence-electron chi connectivity index (χ1n) is 10.5. The van der Waals surface area contributed by atoms with Crippen molar-refractivity contribution in [1.29, 1.82) is 5.26 Å². The van der Waals surface area contributed by atoms with Crippen LogP contribution in [-0.2, 0) is 7.05 Å². The number of nitrogen functional groups attached to an aromatic ring is 1. The lowest BCUT2D eigenvalue weighted by Gasteiger charge is -2.17. The highest BCUT2D eigenvalue weighted by Gasteiger charge is 2.20. The molecule has 176 valence electrons. The number of nitriles is 1. The maximum Gasteiger partial charge on any atom is 0.254 e. The van der Waals surface area contributed by atoms with Crippen LogP contribution in [0.5, 0.6) is 0 Å². The van der Waals surface area contributed by atoms with Gasteiger partial charge in [-0.25, -0.2) is 13.8 Å². The van der Waals surface area contributed by atoms with Crippen molar-refractivity contribution < 1.29 is 18.7 Å². The Bertz CT molecular complexity index is 1460. The highest BCUT2D eigenvalue weighted by molar-refractivity contribution is 5.95. The summed E-state index contributed by atoms with van der Waals surface area (Å²) >= 11 is 0. The smallest absolute Gasteiger partial charge is 0.254 e. The molecular formula is C25H20F2N6O2. The van der Waals surface area contributed by atoms with E-state index in [0.717, 1.165) is 6.07 Å². The van der Waals surface area contributed by atoms with Gasteiger partial charge in [0.05, 0.1) is 18.2 Å². The van der Waals surface area contributed by atoms with Gasteiger partial charge in [-0.2, -0.15) is 10.4 Å². The third-order valence-corrected chi connectivity index (χ3v) is 5.43. The van der Waals surface area contributed by atoms with Crippen molar-refractivity contribution in [3.05, 3.63) is 89.4 Å². The summed E-state index contributed by atoms with van der Waals surface area (Å²) in [6, 6.07) is 12.1. The molecule has 0 aliphatic carbocycles. The van der Waals surface area contributed by atoms with Gasteiger partial charge in [-0.1, -0.05) is 18.2 Å². The summed E-state index contributed by atoms with van der Waals surface area (Å²) in [5.74, 6) is -1.97. The number of hydrogen-bond donors (Lipinski definition) is 3. The Morgan fingerprint density at radius 3 is 2.69 bits per heavy atom. The van der Waals surface area contributed by atoms with Gasteiger partial charge < -0.3 is 16.2 Å². The molecular weight excluding hydrogens is 454 g/mol. The first-order chi connectivity index (χ1) is 16.8. The van der Waals surface area contributed by atoms with Crippen LogP contribution in [0.4, 0.5) is 14.6 Å². The fraction of sp³-hybridized carbons (Fsp3) is 0.120. The number of nitrogens with two attached hydrogens (primary N) is 1. The Morgan fingerprint density at radius 2 is 2.00 bits per heavy atom. The average molecular weight is 474 g/mol. The van der Waals surface area contributed by atoms with Gasteiger partial charge in [-0.05, 0) is 41.5 Å². The van der Waals surface area contributed by atoms with Gasteiger partial charge in [0.15, 0.2) is 5.69 Å². The van der Waals surface area contributed by atoms with Gasteiger partial charge in [-0.3, -0.25) is 9.48 Å². The van der Waals surface area contributed by atoms with Gasteiger partial charge in [0.25, 0.3) is 5.91 Å². The van der Waals surface area contributed by atoms with E-state index in [-0.39, 0.29) is 17.1 Å². The molecule has 0 radical (unpaired) electrons. The lowest BCUT2D eigenvalue weighted by Crippen LogP contribution is -2.31. The van der Waals surface area contributed by atoms with Crippen molar-refractivity contribution in [3.8, 4) is 28.3 Å². The van der Waals surface area contributed by atoms with Gasteiger partial charge >= 0.3 is 0 Å². The van der Waals surface area contributed by atoms with Crippen LogP contribution in [0.1, 0.15) is 27.7 Å². The molecule has 2 aromatic heterocycles. The molecule has 10 heteroatoms. The molecule has 0 saturated heterocycles. The Kier molecular flexibility index (Phi) is 6.53. The number of aliphatic hydroxyl groups is 1. The molecule has 4 aromatic rings. The summed E-state index contributed by atoms with van der Waals surface area (Å²) in [5, 5.41) is 25.6. The predicted molar refractivity (Wildman–Crippen MR) is 125 cm³/mol. The number of nitrogens with zero attached hydrogens (tertiary/aromatic N) is 4. The molecule has 0 spiro atoms. The van der Waals surface area contributed by atoms with Crippen LogP contribution in [-0.4, -0.2) is 32.4 Å². The number of anilines is 1. The number of carbonyl (C=O) groups is 1. The van der Waals surface area contributed by atoms with Gasteiger partial charge in [0, 0.05) is 36.1 Å². The Hall–Kier alpha value is -4.62. The summed E-state index contributed by atoms with van der Waals surface area (Å²) in [6.07, 6.45) is 3.16. The summed E-state index contributed by atoms with van der Waals surface area (Å²) in [7, 11) is 1.69. The topological polar surface area (TPSA) is 130 Å². The van der Waals surface area contributed by atoms with Crippen LogP contribution in [0.3, 0.4) is 0 Å². The monoisotopic (exact) mass is 474 g/mol. The number of aryl methyl sites for hydroxylation is 1. The fourth-order valence-electron chi connectivity index (χ4n) is 3.70. The normalized spacial score (nSPS) is 11.6. The Labute approximate surface area is 199 Å². The molecule has 0 aliphatic rings. The van der Waals surface area contributed by atoms with Crippen molar-refractivity contribution in [3.63, 3.8) is 0 Å². The highest BCUT2D eigenvalue weighted by Crippen LogP contribution is 2.31. The van der Waals surface area contributed by atoms with E-state index in [4.69, 9.17) is 5.73 Å². The number of aliphatic hydroxyl groups excluding tert-OH is 1. The third kappa shape index (κ3) is 4.85. The molecule has 0 fully saturated rings. The largest absolute Gasteiger partial charge is 0.394 e. The van der Waals surface area contributed by atoms with E-state index in [1.165, 1.54) is 41.2 Å². The number of aromatic nitrogens is 3. The van der Waals surface area contributed by atoms with Gasteiger partial charge in [0.1, 0.15) is 23.5 Å². The number of hydrogen-bond acceptors (Lipinski definition) is 6. The number of pyridine rings is 1. The van der Waals surface area contributed by atoms with Gasteiger partial charge in [0.2, 0.25) is 0 Å². The second-order valence-corrected chi connectivity index (χ2v) is 7.79. The minimum absolute atomic E-state index is 0.138. The molecule has 35 heavy (non-hydrogen) atoms. The van der Waals surface area contributed by atoms with E-state index in [2.05, 4.69) is 15.4 Å². The summed E-state index contributed by atoms with van der Waals surface area (Å²) in [4.78, 5) is 16.9. The SMILES string of the molecule is Cn1cc(-c2cnc(N)c(-c3ccc(C(=O)NC(CO)c4cccc(F)c4)c(F)c3)c2)c(C#N)n1. The molecule has 2 heterocycles. The second-order valence-electron chi connectivity index (χ2n) is 7.79. The molecule has 4 rings (SSSR count). The molecule has 1 amide bonds. The van der Waals surface area contributed by atoms with Crippen molar-refractivity contribution >= 4 is 11.7 Å². The number of nitrogens with one attached hydrogen (secondary N) is 1. The van der Waals surface area contributed by atoms with Crippen LogP contribution < -0.4 is 11.1 Å². The Morgan fingerprint density at radius 1 is 1.20 bits per heavy atom. The summed E-state index contributed by atoms with van der Waals surface area (Å²) in [5.41, 5.74) is 8.23. The molecule has 8 nitrogen and oxygen atoms in total. The van der Waals surface area contributed by atoms with Crippen LogP contribution >= 0.6 is 0 Å². The minimum atomic E-state index is -0.914. The summed E-state index contributed by atoms with van der Waals surface area (Å²) < 4.78 is 30.0. The number of halogens is 2. The van der Waals surface area contributed by atoms with E-state index in [1.807, 2.05) is 6.07 Å². The van der Waals surface area contributed by atoms with E-state index in [9.17, 15) is 23.9 Å². The zero-order valence-corrected chi connectivity index (χ0v) is 18.5. The lowest BCUT2D eigenvalue weighted by molar-refractivity contribution is 0.0912. The summed E-state index contributed by atoms with van der Waals surface area (Å²) in [6.45, 7) is -0.497. The molecule has 4 N–H and O–H groups in total. The quantitative estimate of drug-likeness (QED) is 0.393. The molecule has 1 unspecified atom stereocenters. The van der Waals surface area contributed by atoms with Crippen molar-refractivity contribution in [2.24, 2.45) is 7.05 Å². The molecule has 0 aliphatic heterocycles. The standard InChI is InChI=1S/C25H20F2N6O2/c1-33-12-20(22(10-28)32-33)16-8-19(24(29)30-11-16)14-5-6-18(21(27)9-14)25(35)31-23(13-34)15-3-2-4-17(26)7-15/h2-9,11-12,23,34H,13H2,1H3,(H2,29,30)(H,31,35). The van der Waals surface area contributed by atoms with Gasteiger partial charge in [-0.15, -0.1) is 0 Å². The second kappa shape index (κ2) is 9.70. The van der Waals surface area contributed by atoms with E-state index < -0.39 is 30.2 Å². The number of carbonyl (C=O) groups excluding carboxylic acids is 1. The van der Waals surface area contributed by atoms with E-state index >= 15 is 0 Å². The van der Waals surface area contributed by atoms with E-state index in [0.29, 0.717) is 27.8 Å². The zero-order valence-electron chi connectivity index (χ0n) is 18.5. The molecule has 0 bridgehead atoms. The van der Waals surface area contributed by atoms with Crippen LogP contribution in [0.2, 0.25) is 0 Å². The third-order valence-electron chi connectivity index (χ3n) is 5.43. The predicted octanol–water partition coefficient (Wildman–Crippen LogP) is 3.34. The highest BCUT2D eigenvalue weighted by atomic mass is 19.1. The molecule has 2 aromatic carbocycles. The first-order valence-corrected chi connectivity index (χ1v) is 10.5. The lowest BCUT2D eigenvalue weighted by atomic mass is 9.99. The Balaban J connectivity index is 1.63. The minimum Gasteiger partial charge on any atom is -0.394 e. The average Bonchev–Trinajstić information content (AvgIpc) is 3.23.